The van der Waals surface area contributed by atoms with Gasteiger partial charge in [0.25, 0.3) is 5.91 Å². The minimum atomic E-state index is -0.101. The number of amides is 1. The van der Waals surface area contributed by atoms with Crippen molar-refractivity contribution in [1.29, 1.82) is 0 Å². The highest BCUT2D eigenvalue weighted by Crippen LogP contribution is 2.29. The van der Waals surface area contributed by atoms with Crippen molar-refractivity contribution in [1.82, 2.24) is 14.9 Å². The van der Waals surface area contributed by atoms with Crippen molar-refractivity contribution in [2.75, 3.05) is 0 Å². The van der Waals surface area contributed by atoms with Crippen LogP contribution in [0.4, 0.5) is 0 Å². The molecule has 22 heavy (non-hydrogen) atoms. The normalized spacial score (nSPS) is 12.5. The zero-order valence-corrected chi connectivity index (χ0v) is 13.8. The topological polar surface area (TPSA) is 46.9 Å². The van der Waals surface area contributed by atoms with Crippen LogP contribution in [0.15, 0.2) is 35.7 Å². The van der Waals surface area contributed by atoms with Crippen molar-refractivity contribution >= 4 is 28.1 Å². The molecule has 0 aliphatic rings. The van der Waals surface area contributed by atoms with Gasteiger partial charge < -0.3 is 9.88 Å². The second-order valence-electron chi connectivity index (χ2n) is 5.47. The smallest absolute Gasteiger partial charge is 0.270 e. The lowest BCUT2D eigenvalue weighted by Crippen LogP contribution is -2.32. The molecule has 0 aliphatic carbocycles. The number of hydrogen-bond donors (Lipinski definition) is 1. The molecule has 0 spiro atoms. The Morgan fingerprint density at radius 1 is 1.41 bits per heavy atom. The number of nitrogens with one attached hydrogen (secondary N) is 1. The Morgan fingerprint density at radius 3 is 2.91 bits per heavy atom. The van der Waals surface area contributed by atoms with E-state index in [0.717, 1.165) is 17.1 Å². The summed E-state index contributed by atoms with van der Waals surface area (Å²) in [5, 5.41) is 6.82. The van der Waals surface area contributed by atoms with Crippen molar-refractivity contribution in [3.05, 3.63) is 41.4 Å². The summed E-state index contributed by atoms with van der Waals surface area (Å²) >= 11 is 1.50. The van der Waals surface area contributed by atoms with Crippen LogP contribution in [0.2, 0.25) is 0 Å². The zero-order valence-electron chi connectivity index (χ0n) is 13.0. The van der Waals surface area contributed by atoms with Crippen LogP contribution >= 0.6 is 11.3 Å². The fourth-order valence-corrected chi connectivity index (χ4v) is 3.24. The Bertz CT molecular complexity index is 818. The molecule has 0 radical (unpaired) electrons. The van der Waals surface area contributed by atoms with Gasteiger partial charge in [0.15, 0.2) is 0 Å². The Kier molecular flexibility index (Phi) is 3.98. The number of para-hydroxylation sites is 1. The third-order valence-corrected chi connectivity index (χ3v) is 4.76. The van der Waals surface area contributed by atoms with Gasteiger partial charge in [0.1, 0.15) is 10.7 Å². The van der Waals surface area contributed by atoms with Crippen molar-refractivity contribution < 1.29 is 4.79 Å². The fraction of sp³-hybridized carbons (Fsp3) is 0.294. The molecule has 0 saturated heterocycles. The van der Waals surface area contributed by atoms with Gasteiger partial charge in [-0.1, -0.05) is 25.1 Å². The van der Waals surface area contributed by atoms with E-state index >= 15 is 0 Å². The third-order valence-electron chi connectivity index (χ3n) is 3.90. The number of aryl methyl sites for hydroxylation is 1. The summed E-state index contributed by atoms with van der Waals surface area (Å²) in [6, 6.07) is 10.5. The summed E-state index contributed by atoms with van der Waals surface area (Å²) in [6.45, 7) is 4.04. The maximum absolute atomic E-state index is 12.1. The second kappa shape index (κ2) is 5.93. The Labute approximate surface area is 133 Å². The van der Waals surface area contributed by atoms with Crippen LogP contribution in [-0.2, 0) is 7.05 Å². The van der Waals surface area contributed by atoms with Gasteiger partial charge in [-0.15, -0.1) is 11.3 Å². The van der Waals surface area contributed by atoms with E-state index in [0.29, 0.717) is 5.69 Å². The number of thiazole rings is 1. The molecular weight excluding hydrogens is 294 g/mol. The molecule has 0 aliphatic heterocycles. The van der Waals surface area contributed by atoms with Gasteiger partial charge in [-0.2, -0.15) is 0 Å². The van der Waals surface area contributed by atoms with Gasteiger partial charge in [0.2, 0.25) is 0 Å². The fourth-order valence-electron chi connectivity index (χ4n) is 2.39. The van der Waals surface area contributed by atoms with Crippen molar-refractivity contribution in [2.24, 2.45) is 7.05 Å². The summed E-state index contributed by atoms with van der Waals surface area (Å²) < 4.78 is 2.12. The molecule has 1 atom stereocenters. The van der Waals surface area contributed by atoms with E-state index in [9.17, 15) is 4.79 Å². The lowest BCUT2D eigenvalue weighted by Gasteiger charge is -2.09. The second-order valence-corrected chi connectivity index (χ2v) is 6.33. The number of benzene rings is 1. The molecule has 3 aromatic rings. The van der Waals surface area contributed by atoms with Gasteiger partial charge in [-0.05, 0) is 25.5 Å². The average Bonchev–Trinajstić information content (AvgIpc) is 3.12. The van der Waals surface area contributed by atoms with Crippen molar-refractivity contribution in [3.63, 3.8) is 0 Å². The first-order valence-corrected chi connectivity index (χ1v) is 8.29. The number of aromatic nitrogens is 2. The van der Waals surface area contributed by atoms with E-state index in [2.05, 4.69) is 33.1 Å². The van der Waals surface area contributed by atoms with Gasteiger partial charge in [0, 0.05) is 29.4 Å². The van der Waals surface area contributed by atoms with E-state index in [1.54, 1.807) is 0 Å². The number of rotatable bonds is 4. The average molecular weight is 313 g/mol. The Morgan fingerprint density at radius 2 is 2.18 bits per heavy atom. The summed E-state index contributed by atoms with van der Waals surface area (Å²) in [6.07, 6.45) is 0.909. The first-order chi connectivity index (χ1) is 10.6. The minimum absolute atomic E-state index is 0.101. The minimum Gasteiger partial charge on any atom is -0.348 e. The highest BCUT2D eigenvalue weighted by molar-refractivity contribution is 7.13. The van der Waals surface area contributed by atoms with Crippen LogP contribution in [-0.4, -0.2) is 21.5 Å². The maximum Gasteiger partial charge on any atom is 0.270 e. The van der Waals surface area contributed by atoms with Crippen LogP contribution in [0.1, 0.15) is 30.8 Å². The molecule has 0 fully saturated rings. The molecule has 2 heterocycles. The molecular formula is C17H19N3OS. The molecule has 3 rings (SSSR count). The van der Waals surface area contributed by atoms with Crippen LogP contribution in [0.3, 0.4) is 0 Å². The molecule has 0 bridgehead atoms. The van der Waals surface area contributed by atoms with E-state index in [-0.39, 0.29) is 11.9 Å². The van der Waals surface area contributed by atoms with Gasteiger partial charge in [0.05, 0.1) is 5.69 Å². The first kappa shape index (κ1) is 14.8. The van der Waals surface area contributed by atoms with E-state index in [1.165, 1.54) is 22.2 Å². The van der Waals surface area contributed by atoms with E-state index in [4.69, 9.17) is 0 Å². The summed E-state index contributed by atoms with van der Waals surface area (Å²) in [7, 11) is 2.03. The predicted octanol–water partition coefficient (Wildman–Crippen LogP) is 3.83. The summed E-state index contributed by atoms with van der Waals surface area (Å²) in [4.78, 5) is 16.7. The summed E-state index contributed by atoms with van der Waals surface area (Å²) in [5.41, 5.74) is 2.69. The SMILES string of the molecule is CCC(C)NC(=O)c1csc(-c2cc3ccccc3n2C)n1. The number of carbonyl (C=O) groups excluding carboxylic acids is 1. The van der Waals surface area contributed by atoms with Gasteiger partial charge >= 0.3 is 0 Å². The Balaban J connectivity index is 1.92. The van der Waals surface area contributed by atoms with Crippen LogP contribution in [0.5, 0.6) is 0 Å². The first-order valence-electron chi connectivity index (χ1n) is 7.41. The zero-order chi connectivity index (χ0) is 15.7. The highest BCUT2D eigenvalue weighted by atomic mass is 32.1. The number of nitrogens with zero attached hydrogens (tertiary/aromatic N) is 2. The molecule has 0 saturated carbocycles. The van der Waals surface area contributed by atoms with E-state index < -0.39 is 0 Å². The standard InChI is InChI=1S/C17H19N3OS/c1-4-11(2)18-16(21)13-10-22-17(19-13)15-9-12-7-5-6-8-14(12)20(15)3/h5-11H,4H2,1-3H3,(H,18,21). The number of hydrogen-bond acceptors (Lipinski definition) is 3. The molecule has 4 nitrogen and oxygen atoms in total. The third kappa shape index (κ3) is 2.64. The number of carbonyl (C=O) groups is 1. The van der Waals surface area contributed by atoms with Crippen LogP contribution < -0.4 is 5.32 Å². The predicted molar refractivity (Wildman–Crippen MR) is 91.2 cm³/mol. The molecule has 2 aromatic heterocycles. The van der Waals surface area contributed by atoms with Crippen molar-refractivity contribution in [3.8, 4) is 10.7 Å². The quantitative estimate of drug-likeness (QED) is 0.795. The lowest BCUT2D eigenvalue weighted by atomic mass is 10.2. The van der Waals surface area contributed by atoms with Gasteiger partial charge in [-0.25, -0.2) is 4.98 Å². The molecule has 1 aromatic carbocycles. The summed E-state index contributed by atoms with van der Waals surface area (Å²) in [5.74, 6) is -0.101. The molecule has 114 valence electrons. The highest BCUT2D eigenvalue weighted by Gasteiger charge is 2.16. The van der Waals surface area contributed by atoms with Crippen LogP contribution in [0.25, 0.3) is 21.6 Å². The number of fused-ring (bicyclic) bond motifs is 1. The van der Waals surface area contributed by atoms with Crippen molar-refractivity contribution in [2.45, 2.75) is 26.3 Å². The van der Waals surface area contributed by atoms with Gasteiger partial charge in [-0.3, -0.25) is 4.79 Å². The maximum atomic E-state index is 12.1. The van der Waals surface area contributed by atoms with E-state index in [1.807, 2.05) is 38.4 Å². The lowest BCUT2D eigenvalue weighted by molar-refractivity contribution is 0.0935. The molecule has 1 unspecified atom stereocenters. The van der Waals surface area contributed by atoms with Crippen LogP contribution in [0, 0.1) is 0 Å². The Hall–Kier alpha value is -2.14. The molecule has 1 N–H and O–H groups in total. The molecule has 1 amide bonds. The largest absolute Gasteiger partial charge is 0.348 e. The molecule has 5 heteroatoms. The monoisotopic (exact) mass is 313 g/mol.